The quantitative estimate of drug-likeness (QED) is 0.0807. The number of hydrogen-bond donors (Lipinski definition) is 4. The molecule has 302 valence electrons. The summed E-state index contributed by atoms with van der Waals surface area (Å²) < 4.78 is 12.2. The van der Waals surface area contributed by atoms with Gasteiger partial charge in [0.05, 0.1) is 23.5 Å². The number of aliphatic hydroxyl groups is 2. The minimum Gasteiger partial charge on any atom is -0.458 e. The molecule has 0 radical (unpaired) electrons. The van der Waals surface area contributed by atoms with Gasteiger partial charge in [0.25, 0.3) is 0 Å². The minimum atomic E-state index is -1.46. The van der Waals surface area contributed by atoms with Crippen molar-refractivity contribution in [3.05, 3.63) is 47.5 Å². The number of nitrogens with one attached hydrogen (secondary N) is 2. The van der Waals surface area contributed by atoms with Crippen LogP contribution in [0, 0.1) is 51.8 Å². The number of unbranched alkanes of at least 4 members (excludes halogenated alkanes) is 2. The van der Waals surface area contributed by atoms with Crippen molar-refractivity contribution in [2.75, 3.05) is 6.61 Å². The third kappa shape index (κ3) is 7.46. The minimum absolute atomic E-state index is 0.184. The first-order valence-electron chi connectivity index (χ1n) is 21.9. The Morgan fingerprint density at radius 2 is 1.82 bits per heavy atom. The van der Waals surface area contributed by atoms with Crippen LogP contribution in [0.15, 0.2) is 42.0 Å². The second-order valence-corrected chi connectivity index (χ2v) is 19.2. The largest absolute Gasteiger partial charge is 0.458 e. The molecule has 7 rings (SSSR count). The van der Waals surface area contributed by atoms with Crippen LogP contribution in [0.1, 0.15) is 149 Å². The van der Waals surface area contributed by atoms with E-state index in [0.29, 0.717) is 50.4 Å². The molecule has 55 heavy (non-hydrogen) atoms. The number of aliphatic hydroxyl groups excluding tert-OH is 1. The molecule has 11 atom stereocenters. The summed E-state index contributed by atoms with van der Waals surface area (Å²) in [7, 11) is 0. The van der Waals surface area contributed by atoms with Crippen LogP contribution in [0.5, 0.6) is 0 Å². The summed E-state index contributed by atoms with van der Waals surface area (Å²) in [5.41, 5.74) is 4.74. The zero-order valence-electron chi connectivity index (χ0n) is 34.1. The smallest absolute Gasteiger partial charge is 0.331 e. The number of fused-ring (bicyclic) bond motifs is 3. The van der Waals surface area contributed by atoms with E-state index in [1.54, 1.807) is 6.08 Å². The predicted octanol–water partition coefficient (Wildman–Crippen LogP) is 8.10. The summed E-state index contributed by atoms with van der Waals surface area (Å²) in [4.78, 5) is 26.1. The van der Waals surface area contributed by atoms with Crippen molar-refractivity contribution in [3.63, 3.8) is 0 Å². The molecule has 3 aliphatic carbocycles. The lowest BCUT2D eigenvalue weighted by Crippen LogP contribution is -2.81. The van der Waals surface area contributed by atoms with Crippen LogP contribution in [0.2, 0.25) is 0 Å². The fourth-order valence-electron chi connectivity index (χ4n) is 13.1. The van der Waals surface area contributed by atoms with Gasteiger partial charge in [-0.15, -0.1) is 5.92 Å². The van der Waals surface area contributed by atoms with E-state index >= 15 is 0 Å². The number of esters is 2. The maximum atomic E-state index is 14.1. The van der Waals surface area contributed by atoms with Gasteiger partial charge in [0.1, 0.15) is 6.61 Å². The summed E-state index contributed by atoms with van der Waals surface area (Å²) in [6, 6.07) is 10.9. The van der Waals surface area contributed by atoms with Gasteiger partial charge >= 0.3 is 11.9 Å². The summed E-state index contributed by atoms with van der Waals surface area (Å²) in [5, 5.41) is 27.0. The van der Waals surface area contributed by atoms with Crippen LogP contribution in [-0.4, -0.2) is 52.2 Å². The van der Waals surface area contributed by atoms with Gasteiger partial charge in [-0.2, -0.15) is 0 Å². The number of carbonyl (C=O) groups is 2. The zero-order chi connectivity index (χ0) is 38.9. The van der Waals surface area contributed by atoms with Crippen molar-refractivity contribution in [2.45, 2.75) is 173 Å². The number of rotatable bonds is 15. The van der Waals surface area contributed by atoms with Gasteiger partial charge in [-0.1, -0.05) is 102 Å². The number of benzene rings is 1. The molecule has 1 aromatic carbocycles. The van der Waals surface area contributed by atoms with Gasteiger partial charge in [0.15, 0.2) is 5.72 Å². The molecular formula is C47H68N2O6. The molecule has 0 aromatic heterocycles. The molecule has 8 heteroatoms. The highest BCUT2D eigenvalue weighted by Gasteiger charge is 2.80. The molecule has 3 aliphatic heterocycles. The van der Waals surface area contributed by atoms with Crippen molar-refractivity contribution in [2.24, 2.45) is 39.9 Å². The van der Waals surface area contributed by atoms with Crippen molar-refractivity contribution in [3.8, 4) is 11.8 Å². The van der Waals surface area contributed by atoms with Gasteiger partial charge < -0.3 is 19.7 Å². The summed E-state index contributed by atoms with van der Waals surface area (Å²) >= 11 is 0. The number of hydrazine groups is 1. The summed E-state index contributed by atoms with van der Waals surface area (Å²) in [6.07, 6.45) is 16.5. The molecule has 0 unspecified atom stereocenters. The molecule has 1 aromatic rings. The second-order valence-electron chi connectivity index (χ2n) is 19.2. The molecule has 4 fully saturated rings. The molecule has 8 nitrogen and oxygen atoms in total. The van der Waals surface area contributed by atoms with Crippen LogP contribution < -0.4 is 10.9 Å². The number of carbonyl (C=O) groups excluding carboxylic acids is 2. The molecule has 3 heterocycles. The van der Waals surface area contributed by atoms with Crippen LogP contribution in [0.25, 0.3) is 0 Å². The average Bonchev–Trinajstić information content (AvgIpc) is 3.77. The highest BCUT2D eigenvalue weighted by atomic mass is 16.6. The van der Waals surface area contributed by atoms with E-state index in [9.17, 15) is 19.8 Å². The molecule has 0 amide bonds. The zero-order valence-corrected chi connectivity index (χ0v) is 34.1. The number of cyclic esters (lactones) is 1. The van der Waals surface area contributed by atoms with Crippen molar-refractivity contribution >= 4 is 11.9 Å². The van der Waals surface area contributed by atoms with Crippen LogP contribution in [-0.2, 0) is 25.5 Å². The first-order valence-corrected chi connectivity index (χ1v) is 21.9. The van der Waals surface area contributed by atoms with E-state index in [2.05, 4.69) is 73.8 Å². The molecule has 2 bridgehead atoms. The van der Waals surface area contributed by atoms with Gasteiger partial charge in [-0.05, 0) is 99.0 Å². The van der Waals surface area contributed by atoms with Crippen LogP contribution in [0.3, 0.4) is 0 Å². The number of ether oxygens (including phenoxy) is 2. The monoisotopic (exact) mass is 757 g/mol. The Morgan fingerprint density at radius 1 is 1.02 bits per heavy atom. The Bertz CT molecular complexity index is 1640. The molecule has 3 saturated carbocycles. The SMILES string of the molecule is CCCCC[C@H]1C[C@@H]2[C@@H](C1)NN[C@]13C[C@](C)(C#CCCC(=O)O1)[C@](O)(CCC1=CC(=O)OC1)[C@]1(CCC[C@H](C)CCCc4ccccc4)[C@@H](O)CC[C@]2(C)[C@@H]13. The Hall–Kier alpha value is -2.70. The number of aryl methyl sites for hydroxylation is 1. The fourth-order valence-corrected chi connectivity index (χ4v) is 13.1. The second kappa shape index (κ2) is 16.3. The molecule has 1 saturated heterocycles. The third-order valence-corrected chi connectivity index (χ3v) is 15.6. The first kappa shape index (κ1) is 40.5. The van der Waals surface area contributed by atoms with Crippen LogP contribution >= 0.6 is 0 Å². The Morgan fingerprint density at radius 3 is 2.58 bits per heavy atom. The van der Waals surface area contributed by atoms with Crippen molar-refractivity contribution in [1.29, 1.82) is 0 Å². The number of hydrogen-bond acceptors (Lipinski definition) is 8. The van der Waals surface area contributed by atoms with Crippen molar-refractivity contribution in [1.82, 2.24) is 10.9 Å². The highest BCUT2D eigenvalue weighted by molar-refractivity contribution is 5.85. The Balaban J connectivity index is 1.29. The van der Waals surface area contributed by atoms with Gasteiger partial charge in [0.2, 0.25) is 0 Å². The van der Waals surface area contributed by atoms with E-state index in [1.165, 1.54) is 31.2 Å². The fraction of sp³-hybridized carbons (Fsp3) is 0.745. The lowest BCUT2D eigenvalue weighted by molar-refractivity contribution is -0.342. The van der Waals surface area contributed by atoms with Gasteiger partial charge in [-0.25, -0.2) is 10.2 Å². The Kier molecular flexibility index (Phi) is 12.0. The maximum absolute atomic E-state index is 14.1. The highest BCUT2D eigenvalue weighted by Crippen LogP contribution is 2.74. The Labute approximate surface area is 330 Å². The van der Waals surface area contributed by atoms with E-state index in [0.717, 1.165) is 56.9 Å². The van der Waals surface area contributed by atoms with E-state index in [4.69, 9.17) is 9.47 Å². The maximum Gasteiger partial charge on any atom is 0.331 e. The first-order chi connectivity index (χ1) is 26.4. The standard InChI is InChI=1S/C47H68N2O6/c1-5-6-8-19-35-28-37-38(29-35)48-49-46-32-43(3,24-12-11-21-40(51)55-46)47(53,27-22-36-30-41(52)54-31-36)45(39(50)23-26-44(37,4)42(45)46)25-14-16-33(2)15-13-20-34-17-9-7-10-18-34/h7,9-10,17-18,30,33,35,37-39,42,48-50,53H,5-6,8,11,13-16,19-23,25-29,31-32H2,1-4H3/t33-,35+,37-,38-,39+,42+,43+,44+,45-,46-,47-/m1/s1. The predicted molar refractivity (Wildman–Crippen MR) is 214 cm³/mol. The summed E-state index contributed by atoms with van der Waals surface area (Å²) in [6.45, 7) is 9.28. The molecular weight excluding hydrogens is 689 g/mol. The topological polar surface area (TPSA) is 117 Å². The lowest BCUT2D eigenvalue weighted by Gasteiger charge is -2.72. The van der Waals surface area contributed by atoms with Gasteiger partial charge in [-0.3, -0.25) is 10.2 Å². The molecule has 1 spiro atoms. The normalized spacial score (nSPS) is 39.8. The average molecular weight is 757 g/mol. The molecule has 4 N–H and O–H groups in total. The molecule has 6 aliphatic rings. The van der Waals surface area contributed by atoms with Gasteiger partial charge in [0, 0.05) is 36.3 Å². The summed E-state index contributed by atoms with van der Waals surface area (Å²) in [5.74, 6) is 7.26. The third-order valence-electron chi connectivity index (χ3n) is 15.6. The van der Waals surface area contributed by atoms with E-state index in [1.807, 2.05) is 6.92 Å². The lowest BCUT2D eigenvalue weighted by atomic mass is 9.34. The van der Waals surface area contributed by atoms with E-state index in [-0.39, 0.29) is 48.3 Å². The van der Waals surface area contributed by atoms with E-state index < -0.39 is 28.3 Å². The van der Waals surface area contributed by atoms with Crippen molar-refractivity contribution < 1.29 is 29.3 Å². The van der Waals surface area contributed by atoms with Crippen LogP contribution in [0.4, 0.5) is 0 Å².